The van der Waals surface area contributed by atoms with Crippen molar-refractivity contribution in [3.05, 3.63) is 36.0 Å². The molecule has 1 unspecified atom stereocenters. The first-order valence-corrected chi connectivity index (χ1v) is 9.32. The lowest BCUT2D eigenvalue weighted by Gasteiger charge is -2.23. The lowest BCUT2D eigenvalue weighted by Crippen LogP contribution is -2.45. The van der Waals surface area contributed by atoms with Gasteiger partial charge in [0.1, 0.15) is 17.2 Å². The van der Waals surface area contributed by atoms with E-state index in [0.717, 1.165) is 5.39 Å². The van der Waals surface area contributed by atoms with Crippen LogP contribution in [-0.2, 0) is 20.7 Å². The van der Waals surface area contributed by atoms with E-state index in [-0.39, 0.29) is 6.42 Å². The summed E-state index contributed by atoms with van der Waals surface area (Å²) in [5, 5.41) is 12.7. The second-order valence-electron chi connectivity index (χ2n) is 8.75. The number of benzene rings is 1. The number of alkyl carbamates (subject to hydrolysis) is 1. The van der Waals surface area contributed by atoms with Gasteiger partial charge in [-0.1, -0.05) is 18.2 Å². The number of para-hydroxylation sites is 1. The maximum Gasteiger partial charge on any atom is 0.419 e. The van der Waals surface area contributed by atoms with Gasteiger partial charge < -0.3 is 19.9 Å². The summed E-state index contributed by atoms with van der Waals surface area (Å²) >= 11 is 0. The Labute approximate surface area is 169 Å². The molecule has 2 N–H and O–H groups in total. The third-order valence-electron chi connectivity index (χ3n) is 3.77. The fourth-order valence-corrected chi connectivity index (χ4v) is 2.74. The van der Waals surface area contributed by atoms with Crippen molar-refractivity contribution in [3.63, 3.8) is 0 Å². The number of carbonyl (C=O) groups excluding carboxylic acids is 2. The van der Waals surface area contributed by atoms with E-state index in [1.807, 2.05) is 12.1 Å². The number of nitrogens with zero attached hydrogens (tertiary/aromatic N) is 1. The van der Waals surface area contributed by atoms with Crippen molar-refractivity contribution >= 4 is 29.1 Å². The third kappa shape index (κ3) is 6.23. The van der Waals surface area contributed by atoms with E-state index in [4.69, 9.17) is 9.47 Å². The van der Waals surface area contributed by atoms with Crippen molar-refractivity contribution in [2.45, 2.75) is 65.2 Å². The molecule has 1 atom stereocenters. The van der Waals surface area contributed by atoms with Crippen LogP contribution in [0.3, 0.4) is 0 Å². The van der Waals surface area contributed by atoms with Crippen LogP contribution in [0.2, 0.25) is 0 Å². The highest BCUT2D eigenvalue weighted by Gasteiger charge is 2.28. The van der Waals surface area contributed by atoms with Crippen LogP contribution in [0, 0.1) is 0 Å². The van der Waals surface area contributed by atoms with Gasteiger partial charge in [-0.05, 0) is 53.7 Å². The van der Waals surface area contributed by atoms with Crippen molar-refractivity contribution in [2.75, 3.05) is 0 Å². The normalized spacial score (nSPS) is 13.0. The lowest BCUT2D eigenvalue weighted by molar-refractivity contribution is -0.139. The van der Waals surface area contributed by atoms with Crippen LogP contribution in [0.15, 0.2) is 30.3 Å². The number of hydrogen-bond acceptors (Lipinski definition) is 5. The van der Waals surface area contributed by atoms with E-state index in [9.17, 15) is 19.5 Å². The summed E-state index contributed by atoms with van der Waals surface area (Å²) in [5.41, 5.74) is -0.485. The van der Waals surface area contributed by atoms with Crippen LogP contribution in [-0.4, -0.2) is 45.1 Å². The third-order valence-corrected chi connectivity index (χ3v) is 3.77. The molecule has 8 heteroatoms. The average molecular weight is 404 g/mol. The Morgan fingerprint density at radius 1 is 1.03 bits per heavy atom. The number of fused-ring (bicyclic) bond motifs is 1. The smallest absolute Gasteiger partial charge is 0.419 e. The minimum atomic E-state index is -1.28. The Bertz CT molecular complexity index is 917. The van der Waals surface area contributed by atoms with Crippen molar-refractivity contribution in [1.82, 2.24) is 9.88 Å². The highest BCUT2D eigenvalue weighted by molar-refractivity contribution is 5.91. The molecule has 0 saturated carbocycles. The second-order valence-corrected chi connectivity index (χ2v) is 8.75. The monoisotopic (exact) mass is 404 g/mol. The number of hydrogen-bond donors (Lipinski definition) is 2. The number of aromatic nitrogens is 1. The number of carboxylic acid groups (broad SMARTS) is 1. The molecule has 158 valence electrons. The molecule has 8 nitrogen and oxygen atoms in total. The van der Waals surface area contributed by atoms with Gasteiger partial charge in [0.15, 0.2) is 0 Å². The summed E-state index contributed by atoms with van der Waals surface area (Å²) in [6.07, 6.45) is -1.58. The van der Waals surface area contributed by atoms with Crippen molar-refractivity contribution in [3.8, 4) is 0 Å². The zero-order valence-corrected chi connectivity index (χ0v) is 17.6. The lowest BCUT2D eigenvalue weighted by atomic mass is 10.1. The molecule has 0 fully saturated rings. The van der Waals surface area contributed by atoms with Gasteiger partial charge in [0.2, 0.25) is 0 Å². The van der Waals surface area contributed by atoms with Gasteiger partial charge in [0.25, 0.3) is 0 Å². The molecule has 0 saturated heterocycles. The first-order chi connectivity index (χ1) is 13.3. The van der Waals surface area contributed by atoms with E-state index >= 15 is 0 Å². The molecule has 0 aliphatic rings. The van der Waals surface area contributed by atoms with Crippen LogP contribution < -0.4 is 5.32 Å². The number of aliphatic carboxylic acids is 1. The van der Waals surface area contributed by atoms with E-state index < -0.39 is 35.4 Å². The van der Waals surface area contributed by atoms with Crippen LogP contribution in [0.4, 0.5) is 9.59 Å². The first kappa shape index (κ1) is 22.3. The Morgan fingerprint density at radius 3 is 2.17 bits per heavy atom. The van der Waals surface area contributed by atoms with Gasteiger partial charge >= 0.3 is 18.2 Å². The van der Waals surface area contributed by atoms with E-state index in [2.05, 4.69) is 5.32 Å². The number of carbonyl (C=O) groups is 3. The van der Waals surface area contributed by atoms with E-state index in [1.165, 1.54) is 4.57 Å². The molecule has 0 aliphatic heterocycles. The quantitative estimate of drug-likeness (QED) is 0.799. The average Bonchev–Trinajstić information content (AvgIpc) is 2.88. The molecule has 2 aromatic rings. The molecular weight excluding hydrogens is 376 g/mol. The van der Waals surface area contributed by atoms with Crippen LogP contribution >= 0.6 is 0 Å². The maximum absolute atomic E-state index is 12.8. The number of carboxylic acids is 1. The fourth-order valence-electron chi connectivity index (χ4n) is 2.74. The summed E-state index contributed by atoms with van der Waals surface area (Å²) in [6.45, 7) is 10.3. The summed E-state index contributed by atoms with van der Waals surface area (Å²) in [7, 11) is 0. The second kappa shape index (κ2) is 8.14. The molecule has 2 rings (SSSR count). The van der Waals surface area contributed by atoms with Crippen LogP contribution in [0.1, 0.15) is 47.2 Å². The topological polar surface area (TPSA) is 107 Å². The molecule has 0 aliphatic carbocycles. The molecule has 0 spiro atoms. The predicted octanol–water partition coefficient (Wildman–Crippen LogP) is 3.94. The predicted molar refractivity (Wildman–Crippen MR) is 108 cm³/mol. The molecule has 1 aromatic carbocycles. The van der Waals surface area contributed by atoms with Crippen LogP contribution in [0.5, 0.6) is 0 Å². The first-order valence-electron chi connectivity index (χ1n) is 9.32. The van der Waals surface area contributed by atoms with E-state index in [0.29, 0.717) is 11.2 Å². The van der Waals surface area contributed by atoms with Gasteiger partial charge in [-0.3, -0.25) is 0 Å². The van der Waals surface area contributed by atoms with Crippen molar-refractivity contribution < 1.29 is 29.0 Å². The zero-order chi connectivity index (χ0) is 22.0. The van der Waals surface area contributed by atoms with Crippen LogP contribution in [0.25, 0.3) is 10.9 Å². The van der Waals surface area contributed by atoms with Gasteiger partial charge in [-0.15, -0.1) is 0 Å². The molecular formula is C21H28N2O6. The van der Waals surface area contributed by atoms with E-state index in [1.54, 1.807) is 59.7 Å². The Balaban J connectivity index is 2.37. The summed E-state index contributed by atoms with van der Waals surface area (Å²) in [5.74, 6) is -1.24. The number of ether oxygens (including phenoxy) is 2. The Hall–Kier alpha value is -3.03. The van der Waals surface area contributed by atoms with Gasteiger partial charge in [-0.2, -0.15) is 0 Å². The minimum absolute atomic E-state index is 0.123. The summed E-state index contributed by atoms with van der Waals surface area (Å²) < 4.78 is 12.0. The Morgan fingerprint density at radius 2 is 1.62 bits per heavy atom. The highest BCUT2D eigenvalue weighted by atomic mass is 16.6. The number of rotatable bonds is 4. The van der Waals surface area contributed by atoms with Crippen molar-refractivity contribution in [2.24, 2.45) is 0 Å². The molecule has 1 amide bonds. The molecule has 1 heterocycles. The van der Waals surface area contributed by atoms with Crippen molar-refractivity contribution in [1.29, 1.82) is 0 Å². The number of amides is 1. The minimum Gasteiger partial charge on any atom is -0.480 e. The standard InChI is InChI=1S/C21H28N2O6/c1-20(2,3)28-18(26)22-15(17(24)25)12-14-11-13-9-7-8-10-16(13)23(14)19(27)29-21(4,5)6/h7-11,15H,12H2,1-6H3,(H,22,26)(H,24,25). The SMILES string of the molecule is CC(C)(C)OC(=O)NC(Cc1cc2ccccc2n1C(=O)OC(C)(C)C)C(=O)O. The molecule has 0 bridgehead atoms. The molecule has 1 aromatic heterocycles. The Kier molecular flexibility index (Phi) is 6.25. The molecule has 29 heavy (non-hydrogen) atoms. The summed E-state index contributed by atoms with van der Waals surface area (Å²) in [4.78, 5) is 36.6. The summed E-state index contributed by atoms with van der Waals surface area (Å²) in [6, 6.07) is 7.60. The largest absolute Gasteiger partial charge is 0.480 e. The number of nitrogens with one attached hydrogen (secondary N) is 1. The van der Waals surface area contributed by atoms with Gasteiger partial charge in [0.05, 0.1) is 5.52 Å². The van der Waals surface area contributed by atoms with Gasteiger partial charge in [0, 0.05) is 17.5 Å². The highest BCUT2D eigenvalue weighted by Crippen LogP contribution is 2.23. The molecule has 0 radical (unpaired) electrons. The zero-order valence-electron chi connectivity index (χ0n) is 17.6. The maximum atomic E-state index is 12.8. The van der Waals surface area contributed by atoms with Gasteiger partial charge in [-0.25, -0.2) is 19.0 Å². The fraction of sp³-hybridized carbons (Fsp3) is 0.476.